The van der Waals surface area contributed by atoms with Gasteiger partial charge in [-0.25, -0.2) is 8.42 Å². The van der Waals surface area contributed by atoms with Crippen molar-refractivity contribution in [2.45, 2.75) is 51.6 Å². The molecule has 0 aliphatic heterocycles. The summed E-state index contributed by atoms with van der Waals surface area (Å²) in [6.07, 6.45) is 0.266. The maximum absolute atomic E-state index is 14.5. The van der Waals surface area contributed by atoms with E-state index >= 15 is 0 Å². The molecule has 1 atom stereocenters. The Bertz CT molecular complexity index is 1690. The molecule has 0 radical (unpaired) electrons. The minimum absolute atomic E-state index is 0.0825. The highest BCUT2D eigenvalue weighted by Gasteiger charge is 2.35. The molecule has 0 saturated heterocycles. The third-order valence-electron chi connectivity index (χ3n) is 7.49. The summed E-state index contributed by atoms with van der Waals surface area (Å²) in [5.74, 6) is -0.572. The first-order valence-corrected chi connectivity index (χ1v) is 17.2. The summed E-state index contributed by atoms with van der Waals surface area (Å²) in [6, 6.07) is 29.9. The number of hydrogen-bond acceptors (Lipinski definition) is 4. The molecule has 0 saturated carbocycles. The van der Waals surface area contributed by atoms with Crippen LogP contribution in [0.25, 0.3) is 0 Å². The Morgan fingerprint density at radius 3 is 2.04 bits per heavy atom. The number of para-hydroxylation sites is 1. The number of rotatable bonds is 13. The monoisotopic (exact) mass is 689 g/mol. The van der Waals surface area contributed by atoms with E-state index in [1.165, 1.54) is 4.90 Å². The van der Waals surface area contributed by atoms with E-state index in [1.54, 1.807) is 36.4 Å². The molecule has 4 rings (SSSR count). The minimum atomic E-state index is -4.15. The second kappa shape index (κ2) is 15.4. The molecule has 9 heteroatoms. The average molecular weight is 691 g/mol. The van der Waals surface area contributed by atoms with Gasteiger partial charge in [0, 0.05) is 24.0 Å². The van der Waals surface area contributed by atoms with E-state index in [0.717, 1.165) is 25.5 Å². The van der Waals surface area contributed by atoms with Crippen molar-refractivity contribution in [3.63, 3.8) is 0 Å². The third-order valence-corrected chi connectivity index (χ3v) is 9.80. The number of sulfonamides is 1. The number of benzene rings is 4. The van der Waals surface area contributed by atoms with Crippen LogP contribution in [0.4, 0.5) is 5.69 Å². The zero-order valence-corrected chi connectivity index (χ0v) is 28.5. The molecule has 236 valence electrons. The van der Waals surface area contributed by atoms with Gasteiger partial charge in [-0.3, -0.25) is 13.9 Å². The predicted octanol–water partition coefficient (Wildman–Crippen LogP) is 6.67. The van der Waals surface area contributed by atoms with Crippen molar-refractivity contribution in [3.8, 4) is 0 Å². The molecule has 0 bridgehead atoms. The van der Waals surface area contributed by atoms with Crippen LogP contribution in [0.3, 0.4) is 0 Å². The number of nitrogens with one attached hydrogen (secondary N) is 1. The van der Waals surface area contributed by atoms with Crippen molar-refractivity contribution in [3.05, 3.63) is 130 Å². The SMILES string of the molecule is Cc1ccc(S(=O)(=O)N(CC(=O)N(Cc2ccc(Br)cc2)[C@H](Cc2ccccc2)C(=O)NCC(C)C)c2ccccc2C)cc1. The summed E-state index contributed by atoms with van der Waals surface area (Å²) >= 11 is 3.47. The number of anilines is 1. The maximum atomic E-state index is 14.5. The molecule has 45 heavy (non-hydrogen) atoms. The lowest BCUT2D eigenvalue weighted by molar-refractivity contribution is -0.140. The molecular formula is C36H40BrN3O4S. The van der Waals surface area contributed by atoms with Gasteiger partial charge in [-0.2, -0.15) is 0 Å². The predicted molar refractivity (Wildman–Crippen MR) is 183 cm³/mol. The Labute approximate surface area is 275 Å². The number of halogens is 1. The van der Waals surface area contributed by atoms with Gasteiger partial charge in [0.05, 0.1) is 10.6 Å². The molecule has 7 nitrogen and oxygen atoms in total. The lowest BCUT2D eigenvalue weighted by Gasteiger charge is -2.34. The van der Waals surface area contributed by atoms with Crippen LogP contribution in [0.15, 0.2) is 112 Å². The Morgan fingerprint density at radius 1 is 0.800 bits per heavy atom. The number of aryl methyl sites for hydroxylation is 2. The Balaban J connectivity index is 1.80. The third kappa shape index (κ3) is 9.05. The fraction of sp³-hybridized carbons (Fsp3) is 0.278. The van der Waals surface area contributed by atoms with Crippen LogP contribution in [0.1, 0.15) is 36.1 Å². The fourth-order valence-electron chi connectivity index (χ4n) is 4.96. The quantitative estimate of drug-likeness (QED) is 0.170. The largest absolute Gasteiger partial charge is 0.354 e. The van der Waals surface area contributed by atoms with Gasteiger partial charge < -0.3 is 10.2 Å². The summed E-state index contributed by atoms with van der Waals surface area (Å²) in [4.78, 5) is 30.0. The Morgan fingerprint density at radius 2 is 1.42 bits per heavy atom. The highest BCUT2D eigenvalue weighted by molar-refractivity contribution is 9.10. The van der Waals surface area contributed by atoms with Crippen molar-refractivity contribution < 1.29 is 18.0 Å². The molecule has 4 aromatic rings. The number of carbonyl (C=O) groups excluding carboxylic acids is 2. The normalized spacial score (nSPS) is 12.0. The average Bonchev–Trinajstić information content (AvgIpc) is 3.02. The first-order chi connectivity index (χ1) is 21.5. The lowest BCUT2D eigenvalue weighted by Crippen LogP contribution is -2.53. The molecular weight excluding hydrogens is 650 g/mol. The van der Waals surface area contributed by atoms with Gasteiger partial charge in [0.1, 0.15) is 12.6 Å². The molecule has 0 aliphatic rings. The molecule has 0 heterocycles. The van der Waals surface area contributed by atoms with E-state index in [4.69, 9.17) is 0 Å². The summed E-state index contributed by atoms with van der Waals surface area (Å²) in [7, 11) is -4.15. The van der Waals surface area contributed by atoms with Crippen LogP contribution in [-0.2, 0) is 32.6 Å². The smallest absolute Gasteiger partial charge is 0.264 e. The van der Waals surface area contributed by atoms with E-state index in [0.29, 0.717) is 17.8 Å². The zero-order valence-electron chi connectivity index (χ0n) is 26.1. The van der Waals surface area contributed by atoms with Gasteiger partial charge in [-0.05, 0) is 66.8 Å². The van der Waals surface area contributed by atoms with Crippen LogP contribution in [0.5, 0.6) is 0 Å². The molecule has 0 aromatic heterocycles. The highest BCUT2D eigenvalue weighted by atomic mass is 79.9. The van der Waals surface area contributed by atoms with Gasteiger partial charge in [0.25, 0.3) is 10.0 Å². The second-order valence-electron chi connectivity index (χ2n) is 11.6. The number of nitrogens with zero attached hydrogens (tertiary/aromatic N) is 2. The van der Waals surface area contributed by atoms with Crippen molar-refractivity contribution in [1.82, 2.24) is 10.2 Å². The highest BCUT2D eigenvalue weighted by Crippen LogP contribution is 2.28. The van der Waals surface area contributed by atoms with Crippen LogP contribution < -0.4 is 9.62 Å². The van der Waals surface area contributed by atoms with Crippen molar-refractivity contribution >= 4 is 43.5 Å². The molecule has 0 aliphatic carbocycles. The topological polar surface area (TPSA) is 86.8 Å². The van der Waals surface area contributed by atoms with Gasteiger partial charge >= 0.3 is 0 Å². The number of amides is 2. The van der Waals surface area contributed by atoms with Gasteiger partial charge in [0.2, 0.25) is 11.8 Å². The number of carbonyl (C=O) groups is 2. The standard InChI is InChI=1S/C36H40BrN3O4S/c1-26(2)23-38-36(42)34(22-29-11-6-5-7-12-29)39(24-30-16-18-31(37)19-17-30)35(41)25-40(33-13-9-8-10-28(33)4)45(43,44)32-20-14-27(3)15-21-32/h5-21,26,34H,22-25H2,1-4H3,(H,38,42)/t34-/m1/s1. The van der Waals surface area contributed by atoms with E-state index in [-0.39, 0.29) is 29.7 Å². The molecule has 0 unspecified atom stereocenters. The lowest BCUT2D eigenvalue weighted by atomic mass is 10.0. The minimum Gasteiger partial charge on any atom is -0.354 e. The van der Waals surface area contributed by atoms with E-state index < -0.39 is 28.5 Å². The van der Waals surface area contributed by atoms with Crippen LogP contribution in [0.2, 0.25) is 0 Å². The second-order valence-corrected chi connectivity index (χ2v) is 14.4. The van der Waals surface area contributed by atoms with E-state index in [1.807, 2.05) is 94.4 Å². The summed E-state index contributed by atoms with van der Waals surface area (Å²) < 4.78 is 30.4. The molecule has 0 fully saturated rings. The summed E-state index contributed by atoms with van der Waals surface area (Å²) in [5.41, 5.74) is 3.73. The van der Waals surface area contributed by atoms with Gasteiger partial charge in [-0.1, -0.05) is 108 Å². The Kier molecular flexibility index (Phi) is 11.6. The van der Waals surface area contributed by atoms with Crippen LogP contribution >= 0.6 is 15.9 Å². The molecule has 1 N–H and O–H groups in total. The first-order valence-electron chi connectivity index (χ1n) is 15.0. The first kappa shape index (κ1) is 33.9. The van der Waals surface area contributed by atoms with Crippen LogP contribution in [-0.4, -0.2) is 44.3 Å². The van der Waals surface area contributed by atoms with Gasteiger partial charge in [-0.15, -0.1) is 0 Å². The van der Waals surface area contributed by atoms with Crippen molar-refractivity contribution in [2.75, 3.05) is 17.4 Å². The molecule has 2 amide bonds. The zero-order chi connectivity index (χ0) is 32.6. The summed E-state index contributed by atoms with van der Waals surface area (Å²) in [6.45, 7) is 7.79. The maximum Gasteiger partial charge on any atom is 0.264 e. The van der Waals surface area contributed by atoms with Gasteiger partial charge in [0.15, 0.2) is 0 Å². The number of hydrogen-bond donors (Lipinski definition) is 1. The van der Waals surface area contributed by atoms with Crippen LogP contribution in [0, 0.1) is 19.8 Å². The Hall–Kier alpha value is -3.95. The summed E-state index contributed by atoms with van der Waals surface area (Å²) in [5, 5.41) is 3.02. The molecule has 0 spiro atoms. The van der Waals surface area contributed by atoms with E-state index in [2.05, 4.69) is 21.2 Å². The fourth-order valence-corrected chi connectivity index (χ4v) is 6.70. The van der Waals surface area contributed by atoms with E-state index in [9.17, 15) is 18.0 Å². The van der Waals surface area contributed by atoms with Crippen molar-refractivity contribution in [1.29, 1.82) is 0 Å². The molecule has 4 aromatic carbocycles. The van der Waals surface area contributed by atoms with Crippen molar-refractivity contribution in [2.24, 2.45) is 5.92 Å².